The van der Waals surface area contributed by atoms with Gasteiger partial charge in [0.25, 0.3) is 5.91 Å². The number of halogens is 2. The number of nitrogens with one attached hydrogen (secondary N) is 2. The van der Waals surface area contributed by atoms with Gasteiger partial charge in [0.1, 0.15) is 5.75 Å². The van der Waals surface area contributed by atoms with Crippen LogP contribution in [-0.2, 0) is 16.6 Å². The Hall–Kier alpha value is -2.68. The summed E-state index contributed by atoms with van der Waals surface area (Å²) in [6.07, 6.45) is 1.03. The van der Waals surface area contributed by atoms with E-state index in [4.69, 9.17) is 0 Å². The number of rotatable bonds is 7. The van der Waals surface area contributed by atoms with Gasteiger partial charge in [-0.3, -0.25) is 9.52 Å². The number of ether oxygens (including phenoxy) is 1. The first kappa shape index (κ1) is 18.7. The standard InChI is InChI=1S/C16H16F2N2O4S/c1-25(22,23)20-13-6-4-12(5-7-13)15(21)19-10-11-2-8-14(9-3-11)24-16(17)18/h2-9,16,20H,10H2,1H3,(H,19,21). The summed E-state index contributed by atoms with van der Waals surface area (Å²) in [5, 5.41) is 2.68. The van der Waals surface area contributed by atoms with Gasteiger partial charge in [-0.25, -0.2) is 8.42 Å². The molecule has 0 saturated carbocycles. The Labute approximate surface area is 143 Å². The molecule has 2 rings (SSSR count). The summed E-state index contributed by atoms with van der Waals surface area (Å²) in [6, 6.07) is 11.8. The van der Waals surface area contributed by atoms with Gasteiger partial charge in [0.15, 0.2) is 0 Å². The minimum atomic E-state index is -3.38. The molecule has 0 aliphatic carbocycles. The zero-order valence-electron chi connectivity index (χ0n) is 13.2. The van der Waals surface area contributed by atoms with E-state index in [0.29, 0.717) is 16.8 Å². The van der Waals surface area contributed by atoms with Crippen LogP contribution in [0.1, 0.15) is 15.9 Å². The Morgan fingerprint density at radius 3 is 2.20 bits per heavy atom. The Kier molecular flexibility index (Phi) is 5.92. The summed E-state index contributed by atoms with van der Waals surface area (Å²) in [5.74, 6) is -0.308. The van der Waals surface area contributed by atoms with E-state index in [-0.39, 0.29) is 18.2 Å². The molecule has 0 heterocycles. The summed E-state index contributed by atoms with van der Waals surface area (Å²) in [5.41, 5.74) is 1.43. The van der Waals surface area contributed by atoms with Crippen LogP contribution < -0.4 is 14.8 Å². The summed E-state index contributed by atoms with van der Waals surface area (Å²) in [6.45, 7) is -2.68. The van der Waals surface area contributed by atoms with Gasteiger partial charge >= 0.3 is 6.61 Å². The maximum Gasteiger partial charge on any atom is 0.387 e. The monoisotopic (exact) mass is 370 g/mol. The fourth-order valence-corrected chi connectivity index (χ4v) is 2.54. The third-order valence-electron chi connectivity index (χ3n) is 3.05. The van der Waals surface area contributed by atoms with Crippen LogP contribution >= 0.6 is 0 Å². The van der Waals surface area contributed by atoms with E-state index < -0.39 is 16.6 Å². The van der Waals surface area contributed by atoms with Gasteiger partial charge in [-0.2, -0.15) is 8.78 Å². The van der Waals surface area contributed by atoms with Crippen LogP contribution in [0.25, 0.3) is 0 Å². The average molecular weight is 370 g/mol. The lowest BCUT2D eigenvalue weighted by Gasteiger charge is -2.08. The third kappa shape index (κ3) is 6.38. The zero-order chi connectivity index (χ0) is 18.4. The molecule has 0 aromatic heterocycles. The predicted octanol–water partition coefficient (Wildman–Crippen LogP) is 2.59. The Morgan fingerprint density at radius 2 is 1.68 bits per heavy atom. The highest BCUT2D eigenvalue weighted by Gasteiger charge is 2.08. The fraction of sp³-hybridized carbons (Fsp3) is 0.188. The van der Waals surface area contributed by atoms with Crippen LogP contribution in [-0.4, -0.2) is 27.2 Å². The molecule has 0 fully saturated rings. The van der Waals surface area contributed by atoms with Crippen LogP contribution in [0.5, 0.6) is 5.75 Å². The zero-order valence-corrected chi connectivity index (χ0v) is 14.0. The molecule has 0 bridgehead atoms. The van der Waals surface area contributed by atoms with Crippen molar-refractivity contribution in [3.8, 4) is 5.75 Å². The molecule has 2 aromatic rings. The second kappa shape index (κ2) is 7.93. The third-order valence-corrected chi connectivity index (χ3v) is 3.66. The molecule has 1 amide bonds. The largest absolute Gasteiger partial charge is 0.435 e. The Morgan fingerprint density at radius 1 is 1.08 bits per heavy atom. The summed E-state index contributed by atoms with van der Waals surface area (Å²) < 4.78 is 52.9. The summed E-state index contributed by atoms with van der Waals surface area (Å²) in [4.78, 5) is 12.1. The molecule has 134 valence electrons. The molecule has 0 spiro atoms. The number of carbonyl (C=O) groups excluding carboxylic acids is 1. The summed E-state index contributed by atoms with van der Waals surface area (Å²) in [7, 11) is -3.38. The van der Waals surface area contributed by atoms with Gasteiger partial charge < -0.3 is 10.1 Å². The number of hydrogen-bond acceptors (Lipinski definition) is 4. The van der Waals surface area contributed by atoms with Gasteiger partial charge in [-0.1, -0.05) is 12.1 Å². The van der Waals surface area contributed by atoms with Crippen LogP contribution in [0.3, 0.4) is 0 Å². The quantitative estimate of drug-likeness (QED) is 0.785. The van der Waals surface area contributed by atoms with Crippen molar-refractivity contribution in [3.05, 3.63) is 59.7 Å². The highest BCUT2D eigenvalue weighted by Crippen LogP contribution is 2.15. The number of anilines is 1. The maximum atomic E-state index is 12.1. The number of benzene rings is 2. The molecular weight excluding hydrogens is 354 g/mol. The van der Waals surface area contributed by atoms with E-state index in [0.717, 1.165) is 6.26 Å². The summed E-state index contributed by atoms with van der Waals surface area (Å²) >= 11 is 0. The highest BCUT2D eigenvalue weighted by atomic mass is 32.2. The molecule has 6 nitrogen and oxygen atoms in total. The van der Waals surface area contributed by atoms with Gasteiger partial charge in [-0.15, -0.1) is 0 Å². The fourth-order valence-electron chi connectivity index (χ4n) is 1.98. The first-order valence-corrected chi connectivity index (χ1v) is 9.02. The van der Waals surface area contributed by atoms with Crippen molar-refractivity contribution < 1.29 is 26.7 Å². The number of alkyl halides is 2. The van der Waals surface area contributed by atoms with Gasteiger partial charge in [0.2, 0.25) is 10.0 Å². The first-order valence-electron chi connectivity index (χ1n) is 7.13. The average Bonchev–Trinajstić information content (AvgIpc) is 2.52. The lowest BCUT2D eigenvalue weighted by atomic mass is 10.2. The van der Waals surface area contributed by atoms with Crippen LogP contribution in [0.4, 0.5) is 14.5 Å². The molecule has 25 heavy (non-hydrogen) atoms. The highest BCUT2D eigenvalue weighted by molar-refractivity contribution is 7.92. The molecule has 0 saturated heterocycles. The van der Waals surface area contributed by atoms with Crippen LogP contribution in [0, 0.1) is 0 Å². The predicted molar refractivity (Wildman–Crippen MR) is 89.2 cm³/mol. The van der Waals surface area contributed by atoms with Crippen molar-refractivity contribution in [2.45, 2.75) is 13.2 Å². The van der Waals surface area contributed by atoms with E-state index in [2.05, 4.69) is 14.8 Å². The normalized spacial score (nSPS) is 11.2. The van der Waals surface area contributed by atoms with E-state index >= 15 is 0 Å². The second-order valence-electron chi connectivity index (χ2n) is 5.16. The van der Waals surface area contributed by atoms with Crippen molar-refractivity contribution in [3.63, 3.8) is 0 Å². The number of carbonyl (C=O) groups is 1. The van der Waals surface area contributed by atoms with Crippen molar-refractivity contribution in [2.75, 3.05) is 11.0 Å². The van der Waals surface area contributed by atoms with Crippen LogP contribution in [0.15, 0.2) is 48.5 Å². The van der Waals surface area contributed by atoms with Crippen molar-refractivity contribution >= 4 is 21.6 Å². The van der Waals surface area contributed by atoms with E-state index in [1.807, 2.05) is 0 Å². The second-order valence-corrected chi connectivity index (χ2v) is 6.91. The Balaban J connectivity index is 1.91. The minimum Gasteiger partial charge on any atom is -0.435 e. The molecule has 9 heteroatoms. The van der Waals surface area contributed by atoms with E-state index in [9.17, 15) is 22.0 Å². The minimum absolute atomic E-state index is 0.0408. The van der Waals surface area contributed by atoms with Gasteiger partial charge in [0.05, 0.1) is 6.26 Å². The topological polar surface area (TPSA) is 84.5 Å². The van der Waals surface area contributed by atoms with Crippen molar-refractivity contribution in [1.29, 1.82) is 0 Å². The molecule has 0 aliphatic heterocycles. The molecule has 0 aliphatic rings. The number of amides is 1. The van der Waals surface area contributed by atoms with E-state index in [1.165, 1.54) is 36.4 Å². The number of hydrogen-bond donors (Lipinski definition) is 2. The smallest absolute Gasteiger partial charge is 0.387 e. The molecule has 2 N–H and O–H groups in total. The lowest BCUT2D eigenvalue weighted by molar-refractivity contribution is -0.0498. The maximum absolute atomic E-state index is 12.1. The van der Waals surface area contributed by atoms with E-state index in [1.54, 1.807) is 12.1 Å². The molecule has 0 unspecified atom stereocenters. The lowest BCUT2D eigenvalue weighted by Crippen LogP contribution is -2.22. The van der Waals surface area contributed by atoms with Crippen molar-refractivity contribution in [2.24, 2.45) is 0 Å². The van der Waals surface area contributed by atoms with Gasteiger partial charge in [-0.05, 0) is 42.0 Å². The molecule has 2 aromatic carbocycles. The molecular formula is C16H16F2N2O4S. The number of sulfonamides is 1. The van der Waals surface area contributed by atoms with Gasteiger partial charge in [0, 0.05) is 17.8 Å². The van der Waals surface area contributed by atoms with Crippen molar-refractivity contribution in [1.82, 2.24) is 5.32 Å². The Bertz CT molecular complexity index is 822. The van der Waals surface area contributed by atoms with Crippen LogP contribution in [0.2, 0.25) is 0 Å². The molecule has 0 atom stereocenters. The SMILES string of the molecule is CS(=O)(=O)Nc1ccc(C(=O)NCc2ccc(OC(F)F)cc2)cc1. The first-order chi connectivity index (χ1) is 11.7. The molecule has 0 radical (unpaired) electrons.